The summed E-state index contributed by atoms with van der Waals surface area (Å²) in [6.07, 6.45) is -1.52. The summed E-state index contributed by atoms with van der Waals surface area (Å²) in [5.41, 5.74) is 0.312. The van der Waals surface area contributed by atoms with Crippen LogP contribution in [0.1, 0.15) is 11.6 Å². The first-order chi connectivity index (χ1) is 15.9. The van der Waals surface area contributed by atoms with Crippen molar-refractivity contribution in [2.45, 2.75) is 36.2 Å². The van der Waals surface area contributed by atoms with Crippen LogP contribution >= 0.6 is 11.8 Å². The predicted molar refractivity (Wildman–Crippen MR) is 115 cm³/mol. The summed E-state index contributed by atoms with van der Waals surface area (Å²) in [5.74, 6) is -3.73. The number of aromatic nitrogens is 3. The number of aliphatic hydroxyl groups is 3. The fourth-order valence-electron chi connectivity index (χ4n) is 3.71. The maximum Gasteiger partial charge on any atom is 0.194 e. The Labute approximate surface area is 191 Å². The highest BCUT2D eigenvalue weighted by molar-refractivity contribution is 7.99. The normalized spacial score (nSPS) is 25.3. The monoisotopic (exact) mass is 481 g/mol. The standard InChI is InChI=1S/C22H22F3N3O4S/c23-14-8-13(9-15(24)18(14)25)16-10-28(27-26-16)19-20(30)17(11-29)32-22(21(19)31)33-7-6-12-4-2-1-3-5-12/h1-5,8-10,17,19-22,29-31H,6-7,11H2/t17?,19?,20-,21-,22+/m0/s1. The van der Waals surface area contributed by atoms with Crippen LogP contribution in [0.3, 0.4) is 0 Å². The van der Waals surface area contributed by atoms with Gasteiger partial charge in [-0.15, -0.1) is 16.9 Å². The molecule has 2 heterocycles. The fraction of sp³-hybridized carbons (Fsp3) is 0.364. The molecule has 3 N–H and O–H groups in total. The number of benzene rings is 2. The lowest BCUT2D eigenvalue weighted by atomic mass is 9.97. The zero-order valence-corrected chi connectivity index (χ0v) is 18.1. The highest BCUT2D eigenvalue weighted by Gasteiger charge is 2.46. The van der Waals surface area contributed by atoms with E-state index in [4.69, 9.17) is 4.74 Å². The molecule has 0 saturated carbocycles. The van der Waals surface area contributed by atoms with E-state index >= 15 is 0 Å². The number of hydrogen-bond acceptors (Lipinski definition) is 7. The molecule has 2 aromatic carbocycles. The largest absolute Gasteiger partial charge is 0.394 e. The molecular formula is C22H22F3N3O4S. The van der Waals surface area contributed by atoms with Crippen LogP contribution in [-0.4, -0.2) is 66.4 Å². The molecule has 0 bridgehead atoms. The van der Waals surface area contributed by atoms with Crippen molar-refractivity contribution < 1.29 is 33.2 Å². The smallest absolute Gasteiger partial charge is 0.194 e. The first-order valence-corrected chi connectivity index (χ1v) is 11.3. The van der Waals surface area contributed by atoms with Gasteiger partial charge in [-0.25, -0.2) is 17.9 Å². The Morgan fingerprint density at radius 2 is 1.73 bits per heavy atom. The lowest BCUT2D eigenvalue weighted by Gasteiger charge is -2.41. The van der Waals surface area contributed by atoms with E-state index in [0.717, 1.165) is 24.1 Å². The van der Waals surface area contributed by atoms with E-state index in [1.807, 2.05) is 30.3 Å². The van der Waals surface area contributed by atoms with Gasteiger partial charge in [-0.2, -0.15) is 0 Å². The van der Waals surface area contributed by atoms with Crippen molar-refractivity contribution in [3.8, 4) is 11.3 Å². The second-order valence-electron chi connectivity index (χ2n) is 7.64. The molecule has 0 aliphatic carbocycles. The van der Waals surface area contributed by atoms with Crippen molar-refractivity contribution in [1.29, 1.82) is 0 Å². The summed E-state index contributed by atoms with van der Waals surface area (Å²) in [6, 6.07) is 10.3. The van der Waals surface area contributed by atoms with Crippen LogP contribution in [-0.2, 0) is 11.2 Å². The van der Waals surface area contributed by atoms with Crippen LogP contribution < -0.4 is 0 Å². The SMILES string of the molecule is OCC1O[C@H](SCCc2ccccc2)[C@@H](O)C(n2cc(-c3cc(F)c(F)c(F)c3)nn2)[C@H]1O. The van der Waals surface area contributed by atoms with E-state index in [1.54, 1.807) is 0 Å². The quantitative estimate of drug-likeness (QED) is 0.446. The van der Waals surface area contributed by atoms with E-state index in [0.29, 0.717) is 5.75 Å². The Balaban J connectivity index is 1.53. The number of nitrogens with zero attached hydrogens (tertiary/aromatic N) is 3. The highest BCUT2D eigenvalue weighted by atomic mass is 32.2. The Hall–Kier alpha value is -2.44. The second-order valence-corrected chi connectivity index (χ2v) is 8.85. The molecule has 0 radical (unpaired) electrons. The van der Waals surface area contributed by atoms with Gasteiger partial charge in [0.15, 0.2) is 17.5 Å². The number of halogens is 3. The third-order valence-corrected chi connectivity index (χ3v) is 6.62. The summed E-state index contributed by atoms with van der Waals surface area (Å²) >= 11 is 1.33. The third kappa shape index (κ3) is 5.07. The van der Waals surface area contributed by atoms with Crippen LogP contribution in [0.15, 0.2) is 48.7 Å². The third-order valence-electron chi connectivity index (χ3n) is 5.46. The minimum Gasteiger partial charge on any atom is -0.394 e. The topological polar surface area (TPSA) is 101 Å². The van der Waals surface area contributed by atoms with Gasteiger partial charge in [-0.3, -0.25) is 0 Å². The van der Waals surface area contributed by atoms with Crippen LogP contribution in [0.2, 0.25) is 0 Å². The van der Waals surface area contributed by atoms with Crippen molar-refractivity contribution in [3.05, 3.63) is 71.7 Å². The van der Waals surface area contributed by atoms with Gasteiger partial charge in [0.05, 0.1) is 12.8 Å². The first-order valence-electron chi connectivity index (χ1n) is 10.2. The number of ether oxygens (including phenoxy) is 1. The molecule has 1 aliphatic heterocycles. The van der Waals surface area contributed by atoms with Gasteiger partial charge < -0.3 is 20.1 Å². The molecule has 5 atom stereocenters. The fourth-order valence-corrected chi connectivity index (χ4v) is 4.88. The number of hydrogen-bond donors (Lipinski definition) is 3. The Morgan fingerprint density at radius 3 is 2.39 bits per heavy atom. The van der Waals surface area contributed by atoms with E-state index in [9.17, 15) is 28.5 Å². The van der Waals surface area contributed by atoms with E-state index in [-0.39, 0.29) is 11.3 Å². The lowest BCUT2D eigenvalue weighted by Crippen LogP contribution is -2.55. The van der Waals surface area contributed by atoms with Gasteiger partial charge in [0.2, 0.25) is 0 Å². The Bertz CT molecular complexity index is 1060. The van der Waals surface area contributed by atoms with Crippen LogP contribution in [0, 0.1) is 17.5 Å². The summed E-state index contributed by atoms with van der Waals surface area (Å²) in [4.78, 5) is 0. The van der Waals surface area contributed by atoms with Gasteiger partial charge in [0.1, 0.15) is 35.5 Å². The first kappa shape index (κ1) is 23.7. The van der Waals surface area contributed by atoms with Crippen LogP contribution in [0.4, 0.5) is 13.2 Å². The number of aliphatic hydroxyl groups excluding tert-OH is 3. The Kier molecular flexibility index (Phi) is 7.35. The minimum atomic E-state index is -1.59. The van der Waals surface area contributed by atoms with Crippen molar-refractivity contribution in [2.75, 3.05) is 12.4 Å². The summed E-state index contributed by atoms with van der Waals surface area (Å²) < 4.78 is 47.3. The molecule has 1 aliphatic rings. The molecule has 7 nitrogen and oxygen atoms in total. The zero-order valence-electron chi connectivity index (χ0n) is 17.3. The second kappa shape index (κ2) is 10.2. The van der Waals surface area contributed by atoms with Crippen molar-refractivity contribution in [2.24, 2.45) is 0 Å². The molecule has 1 aromatic heterocycles. The number of thioether (sulfide) groups is 1. The summed E-state index contributed by atoms with van der Waals surface area (Å²) in [7, 11) is 0. The molecule has 4 rings (SSSR count). The van der Waals surface area contributed by atoms with Crippen LogP contribution in [0.5, 0.6) is 0 Å². The molecule has 176 valence electrons. The van der Waals surface area contributed by atoms with Gasteiger partial charge in [0.25, 0.3) is 0 Å². The van der Waals surface area contributed by atoms with Gasteiger partial charge in [-0.1, -0.05) is 35.5 Å². The molecule has 11 heteroatoms. The van der Waals surface area contributed by atoms with Crippen molar-refractivity contribution >= 4 is 11.8 Å². The zero-order chi connectivity index (χ0) is 23.5. The average molecular weight is 481 g/mol. The summed E-state index contributed by atoms with van der Waals surface area (Å²) in [6.45, 7) is -0.490. The molecular weight excluding hydrogens is 459 g/mol. The summed E-state index contributed by atoms with van der Waals surface area (Å²) in [5, 5.41) is 39.0. The van der Waals surface area contributed by atoms with E-state index in [2.05, 4.69) is 10.3 Å². The molecule has 0 amide bonds. The van der Waals surface area contributed by atoms with Gasteiger partial charge in [0, 0.05) is 5.56 Å². The van der Waals surface area contributed by atoms with Crippen molar-refractivity contribution in [1.82, 2.24) is 15.0 Å². The molecule has 3 aromatic rings. The lowest BCUT2D eigenvalue weighted by molar-refractivity contribution is -0.178. The molecule has 0 spiro atoms. The highest BCUT2D eigenvalue weighted by Crippen LogP contribution is 2.35. The van der Waals surface area contributed by atoms with Gasteiger partial charge in [-0.05, 0) is 29.9 Å². The van der Waals surface area contributed by atoms with E-state index < -0.39 is 53.8 Å². The number of aryl methyl sites for hydroxylation is 1. The van der Waals surface area contributed by atoms with Gasteiger partial charge >= 0.3 is 0 Å². The molecule has 1 saturated heterocycles. The molecule has 33 heavy (non-hydrogen) atoms. The maximum absolute atomic E-state index is 13.6. The van der Waals surface area contributed by atoms with E-state index in [1.165, 1.54) is 22.6 Å². The number of rotatable bonds is 7. The predicted octanol–water partition coefficient (Wildman–Crippen LogP) is 2.32. The van der Waals surface area contributed by atoms with Crippen LogP contribution in [0.25, 0.3) is 11.3 Å². The maximum atomic E-state index is 13.6. The molecule has 1 fully saturated rings. The Morgan fingerprint density at radius 1 is 1.03 bits per heavy atom. The average Bonchev–Trinajstić information content (AvgIpc) is 3.29. The minimum absolute atomic E-state index is 0.0209. The van der Waals surface area contributed by atoms with Crippen molar-refractivity contribution in [3.63, 3.8) is 0 Å². The molecule has 2 unspecified atom stereocenters.